The van der Waals surface area contributed by atoms with Gasteiger partial charge in [0.25, 0.3) is 0 Å². The second kappa shape index (κ2) is 10.2. The number of hydrogen-bond acceptors (Lipinski definition) is 5. The van der Waals surface area contributed by atoms with Gasteiger partial charge in [-0.2, -0.15) is 0 Å². The molecule has 30 heavy (non-hydrogen) atoms. The lowest BCUT2D eigenvalue weighted by Gasteiger charge is -2.15. The summed E-state index contributed by atoms with van der Waals surface area (Å²) in [5.74, 6) is 0.667. The van der Waals surface area contributed by atoms with Gasteiger partial charge >= 0.3 is 5.97 Å². The molecule has 3 rings (SSSR count). The molecule has 2 N–H and O–H groups in total. The number of nitrogens with one attached hydrogen (secondary N) is 1. The quantitative estimate of drug-likeness (QED) is 0.404. The second-order valence-corrected chi connectivity index (χ2v) is 8.24. The summed E-state index contributed by atoms with van der Waals surface area (Å²) in [6.45, 7) is 8.16. The predicted molar refractivity (Wildman–Crippen MR) is 124 cm³/mol. The Morgan fingerprint density at radius 2 is 1.93 bits per heavy atom. The van der Waals surface area contributed by atoms with Crippen LogP contribution in [-0.4, -0.2) is 21.0 Å². The van der Waals surface area contributed by atoms with Crippen molar-refractivity contribution in [3.63, 3.8) is 0 Å². The van der Waals surface area contributed by atoms with Crippen molar-refractivity contribution in [3.8, 4) is 10.7 Å². The molecular weight excluding hydrogens is 394 g/mol. The smallest absolute Gasteiger partial charge is 0.307 e. The zero-order chi connectivity index (χ0) is 21.5. The van der Waals surface area contributed by atoms with Crippen molar-refractivity contribution in [3.05, 3.63) is 70.8 Å². The van der Waals surface area contributed by atoms with Gasteiger partial charge in [0.05, 0.1) is 11.3 Å². The number of aromatic nitrogens is 2. The van der Waals surface area contributed by atoms with Crippen LogP contribution < -0.4 is 5.32 Å². The molecule has 2 aromatic heterocycles. The molecule has 0 spiro atoms. The molecule has 0 aliphatic rings. The molecule has 0 saturated heterocycles. The minimum absolute atomic E-state index is 0.0120. The van der Waals surface area contributed by atoms with Gasteiger partial charge in [-0.3, -0.25) is 4.79 Å². The summed E-state index contributed by atoms with van der Waals surface area (Å²) in [7, 11) is 0. The van der Waals surface area contributed by atoms with E-state index in [0.29, 0.717) is 6.42 Å². The van der Waals surface area contributed by atoms with Crippen LogP contribution in [0, 0.1) is 0 Å². The fourth-order valence-corrected chi connectivity index (χ4v) is 4.33. The van der Waals surface area contributed by atoms with Crippen molar-refractivity contribution >= 4 is 28.8 Å². The molecule has 0 atom stereocenters. The highest BCUT2D eigenvalue weighted by atomic mass is 32.1. The number of anilines is 2. The van der Waals surface area contributed by atoms with Crippen LogP contribution in [0.3, 0.4) is 0 Å². The Labute approximate surface area is 181 Å². The van der Waals surface area contributed by atoms with E-state index in [2.05, 4.69) is 37.9 Å². The monoisotopic (exact) mass is 421 g/mol. The third kappa shape index (κ3) is 5.33. The second-order valence-electron chi connectivity index (χ2n) is 7.08. The van der Waals surface area contributed by atoms with Crippen molar-refractivity contribution in [2.45, 2.75) is 46.0 Å². The number of carbonyl (C=O) groups is 1. The topological polar surface area (TPSA) is 75.1 Å². The summed E-state index contributed by atoms with van der Waals surface area (Å²) < 4.78 is 0. The van der Waals surface area contributed by atoms with Gasteiger partial charge in [0.15, 0.2) is 5.82 Å². The third-order valence-electron chi connectivity index (χ3n) is 4.73. The molecule has 0 aliphatic carbocycles. The molecule has 156 valence electrons. The van der Waals surface area contributed by atoms with E-state index in [1.54, 1.807) is 11.3 Å². The average Bonchev–Trinajstić information content (AvgIpc) is 3.19. The van der Waals surface area contributed by atoms with E-state index in [9.17, 15) is 4.79 Å². The van der Waals surface area contributed by atoms with Crippen LogP contribution in [-0.2, 0) is 30.5 Å². The maximum atomic E-state index is 10.9. The minimum atomic E-state index is -0.838. The first kappa shape index (κ1) is 21.7. The molecule has 2 heterocycles. The Morgan fingerprint density at radius 3 is 2.57 bits per heavy atom. The summed E-state index contributed by atoms with van der Waals surface area (Å²) in [4.78, 5) is 23.0. The van der Waals surface area contributed by atoms with E-state index in [0.717, 1.165) is 58.3 Å². The molecule has 5 nitrogen and oxygen atoms in total. The molecule has 0 radical (unpaired) electrons. The zero-order valence-electron chi connectivity index (χ0n) is 17.4. The molecule has 0 saturated carbocycles. The Balaban J connectivity index is 1.97. The Hall–Kier alpha value is -2.99. The summed E-state index contributed by atoms with van der Waals surface area (Å²) in [6, 6.07) is 11.7. The van der Waals surface area contributed by atoms with Crippen LogP contribution in [0.5, 0.6) is 0 Å². The lowest BCUT2D eigenvalue weighted by molar-refractivity contribution is -0.136. The molecule has 0 amide bonds. The molecule has 1 aromatic carbocycles. The number of nitrogens with zero attached hydrogens (tertiary/aromatic N) is 2. The highest BCUT2D eigenvalue weighted by Crippen LogP contribution is 2.31. The van der Waals surface area contributed by atoms with Gasteiger partial charge in [-0.25, -0.2) is 9.97 Å². The summed E-state index contributed by atoms with van der Waals surface area (Å²) in [5, 5.41) is 12.4. The SMILES string of the molecule is C=CCc1c(CC)nc(-c2ccc(CCC)s2)nc1Nc1ccc(CC(=O)O)cc1. The number of carboxylic acids is 1. The number of aliphatic carboxylic acids is 1. The maximum Gasteiger partial charge on any atom is 0.307 e. The van der Waals surface area contributed by atoms with E-state index < -0.39 is 5.97 Å². The summed E-state index contributed by atoms with van der Waals surface area (Å²) in [5.41, 5.74) is 3.67. The standard InChI is InChI=1S/C24H27N3O2S/c1-4-7-18-13-14-21(30-18)24-26-20(6-3)19(8-5-2)23(27-24)25-17-11-9-16(10-12-17)15-22(28)29/h5,9-14H,2,4,6-8,15H2,1,3H3,(H,28,29)(H,25,26,27). The van der Waals surface area contributed by atoms with Gasteiger partial charge < -0.3 is 10.4 Å². The lowest BCUT2D eigenvalue weighted by Crippen LogP contribution is -2.07. The van der Waals surface area contributed by atoms with E-state index in [4.69, 9.17) is 15.1 Å². The number of thiophene rings is 1. The van der Waals surface area contributed by atoms with Gasteiger partial charge in [0, 0.05) is 21.8 Å². The van der Waals surface area contributed by atoms with Crippen LogP contribution >= 0.6 is 11.3 Å². The largest absolute Gasteiger partial charge is 0.481 e. The third-order valence-corrected chi connectivity index (χ3v) is 5.87. The van der Waals surface area contributed by atoms with Crippen LogP contribution in [0.2, 0.25) is 0 Å². The van der Waals surface area contributed by atoms with Crippen LogP contribution in [0.1, 0.15) is 42.0 Å². The van der Waals surface area contributed by atoms with Gasteiger partial charge in [0.2, 0.25) is 0 Å². The maximum absolute atomic E-state index is 10.9. The first-order valence-corrected chi connectivity index (χ1v) is 11.0. The Bertz CT molecular complexity index is 1030. The number of aryl methyl sites for hydroxylation is 2. The zero-order valence-corrected chi connectivity index (χ0v) is 18.3. The number of hydrogen-bond donors (Lipinski definition) is 2. The molecule has 6 heteroatoms. The van der Waals surface area contributed by atoms with Gasteiger partial charge in [-0.05, 0) is 49.1 Å². The minimum Gasteiger partial charge on any atom is -0.481 e. The van der Waals surface area contributed by atoms with E-state index in [1.165, 1.54) is 4.88 Å². The lowest BCUT2D eigenvalue weighted by atomic mass is 10.1. The number of allylic oxidation sites excluding steroid dienone is 1. The highest BCUT2D eigenvalue weighted by Gasteiger charge is 2.15. The molecule has 3 aromatic rings. The Kier molecular flexibility index (Phi) is 7.36. The fraction of sp³-hybridized carbons (Fsp3) is 0.292. The first-order chi connectivity index (χ1) is 14.5. The summed E-state index contributed by atoms with van der Waals surface area (Å²) in [6.07, 6.45) is 5.53. The van der Waals surface area contributed by atoms with Crippen molar-refractivity contribution in [1.82, 2.24) is 9.97 Å². The van der Waals surface area contributed by atoms with Gasteiger partial charge in [0.1, 0.15) is 5.82 Å². The fourth-order valence-electron chi connectivity index (χ4n) is 3.29. The molecule has 0 unspecified atom stereocenters. The van der Waals surface area contributed by atoms with Crippen molar-refractivity contribution in [1.29, 1.82) is 0 Å². The molecule has 0 aliphatic heterocycles. The highest BCUT2D eigenvalue weighted by molar-refractivity contribution is 7.15. The summed E-state index contributed by atoms with van der Waals surface area (Å²) >= 11 is 1.74. The molecule has 0 bridgehead atoms. The number of rotatable bonds is 10. The van der Waals surface area contributed by atoms with E-state index in [1.807, 2.05) is 30.3 Å². The predicted octanol–water partition coefficient (Wildman–Crippen LogP) is 5.82. The molecule has 0 fully saturated rings. The van der Waals surface area contributed by atoms with Crippen LogP contribution in [0.4, 0.5) is 11.5 Å². The number of carboxylic acid groups (broad SMARTS) is 1. The van der Waals surface area contributed by atoms with Crippen molar-refractivity contribution in [2.75, 3.05) is 5.32 Å². The normalized spacial score (nSPS) is 10.7. The Morgan fingerprint density at radius 1 is 1.17 bits per heavy atom. The number of benzene rings is 1. The van der Waals surface area contributed by atoms with Gasteiger partial charge in [-0.1, -0.05) is 38.5 Å². The average molecular weight is 422 g/mol. The van der Waals surface area contributed by atoms with Gasteiger partial charge in [-0.15, -0.1) is 17.9 Å². The van der Waals surface area contributed by atoms with Crippen molar-refractivity contribution in [2.24, 2.45) is 0 Å². The first-order valence-electron chi connectivity index (χ1n) is 10.2. The van der Waals surface area contributed by atoms with E-state index in [-0.39, 0.29) is 6.42 Å². The van der Waals surface area contributed by atoms with E-state index >= 15 is 0 Å². The van der Waals surface area contributed by atoms with Crippen molar-refractivity contribution < 1.29 is 9.90 Å². The van der Waals surface area contributed by atoms with Crippen LogP contribution in [0.15, 0.2) is 49.1 Å². The van der Waals surface area contributed by atoms with Crippen LogP contribution in [0.25, 0.3) is 10.7 Å². The molecular formula is C24H27N3O2S.